The molecule has 1 aliphatic carbocycles. The SMILES string of the molecule is COc1cc(F)cc(Oc2ccc(SC(F)(F)F)c3c2CC(F)(F)C3O)c1. The number of methoxy groups -OCH3 is 1. The molecular weight excluding hydrogens is 398 g/mol. The fourth-order valence-electron chi connectivity index (χ4n) is 2.80. The average Bonchev–Trinajstić information content (AvgIpc) is 2.79. The molecule has 1 atom stereocenters. The van der Waals surface area contributed by atoms with Gasteiger partial charge in [-0.3, -0.25) is 0 Å². The van der Waals surface area contributed by atoms with Gasteiger partial charge in [-0.15, -0.1) is 0 Å². The fourth-order valence-corrected chi connectivity index (χ4v) is 3.53. The zero-order valence-electron chi connectivity index (χ0n) is 13.6. The second-order valence-corrected chi connectivity index (χ2v) is 6.88. The number of aliphatic hydroxyl groups excluding tert-OH is 1. The fraction of sp³-hybridized carbons (Fsp3) is 0.294. The van der Waals surface area contributed by atoms with Gasteiger partial charge < -0.3 is 14.6 Å². The second-order valence-electron chi connectivity index (χ2n) is 5.77. The minimum Gasteiger partial charge on any atom is -0.497 e. The molecule has 1 unspecified atom stereocenters. The van der Waals surface area contributed by atoms with Gasteiger partial charge in [0.05, 0.1) is 7.11 Å². The van der Waals surface area contributed by atoms with Crippen LogP contribution in [0.1, 0.15) is 17.2 Å². The summed E-state index contributed by atoms with van der Waals surface area (Å²) in [4.78, 5) is -0.536. The number of alkyl halides is 5. The van der Waals surface area contributed by atoms with Crippen molar-refractivity contribution in [3.05, 3.63) is 47.3 Å². The lowest BCUT2D eigenvalue weighted by atomic mass is 10.1. The molecule has 0 saturated carbocycles. The van der Waals surface area contributed by atoms with Crippen LogP contribution in [0.25, 0.3) is 0 Å². The van der Waals surface area contributed by atoms with Crippen molar-refractivity contribution in [2.75, 3.05) is 7.11 Å². The molecule has 27 heavy (non-hydrogen) atoms. The van der Waals surface area contributed by atoms with Gasteiger partial charge in [0.1, 0.15) is 29.2 Å². The summed E-state index contributed by atoms with van der Waals surface area (Å²) in [5, 5.41) is 9.84. The highest BCUT2D eigenvalue weighted by molar-refractivity contribution is 8.00. The van der Waals surface area contributed by atoms with E-state index < -0.39 is 52.0 Å². The predicted octanol–water partition coefficient (Wildman–Crippen LogP) is 5.46. The van der Waals surface area contributed by atoms with E-state index in [0.717, 1.165) is 24.3 Å². The monoisotopic (exact) mass is 410 g/mol. The summed E-state index contributed by atoms with van der Waals surface area (Å²) in [7, 11) is 1.29. The van der Waals surface area contributed by atoms with Crippen molar-refractivity contribution in [3.63, 3.8) is 0 Å². The first-order chi connectivity index (χ1) is 12.5. The van der Waals surface area contributed by atoms with Crippen LogP contribution >= 0.6 is 11.8 Å². The van der Waals surface area contributed by atoms with Crippen LogP contribution in [0.3, 0.4) is 0 Å². The highest BCUT2D eigenvalue weighted by Crippen LogP contribution is 2.52. The Bertz CT molecular complexity index is 868. The number of benzene rings is 2. The first-order valence-corrected chi connectivity index (χ1v) is 8.31. The van der Waals surface area contributed by atoms with Crippen LogP contribution in [0, 0.1) is 5.82 Å². The van der Waals surface area contributed by atoms with E-state index in [2.05, 4.69) is 0 Å². The van der Waals surface area contributed by atoms with Gasteiger partial charge in [-0.1, -0.05) is 0 Å². The van der Waals surface area contributed by atoms with Crippen molar-refractivity contribution in [2.45, 2.75) is 28.9 Å². The Hall–Kier alpha value is -2.07. The van der Waals surface area contributed by atoms with Gasteiger partial charge >= 0.3 is 5.51 Å². The van der Waals surface area contributed by atoms with Gasteiger partial charge in [0.15, 0.2) is 0 Å². The minimum absolute atomic E-state index is 0.0880. The molecule has 1 N–H and O–H groups in total. The number of halogens is 6. The summed E-state index contributed by atoms with van der Waals surface area (Å²) >= 11 is -0.595. The molecule has 0 aromatic heterocycles. The Morgan fingerprint density at radius 2 is 1.81 bits per heavy atom. The van der Waals surface area contributed by atoms with Crippen molar-refractivity contribution in [1.29, 1.82) is 0 Å². The largest absolute Gasteiger partial charge is 0.497 e. The number of rotatable bonds is 4. The summed E-state index contributed by atoms with van der Waals surface area (Å²) in [5.41, 5.74) is -5.52. The minimum atomic E-state index is -4.72. The van der Waals surface area contributed by atoms with E-state index in [1.165, 1.54) is 13.2 Å². The van der Waals surface area contributed by atoms with Crippen LogP contribution in [0.2, 0.25) is 0 Å². The maximum atomic E-state index is 14.0. The third-order valence-electron chi connectivity index (χ3n) is 3.89. The van der Waals surface area contributed by atoms with Gasteiger partial charge in [-0.25, -0.2) is 13.2 Å². The predicted molar refractivity (Wildman–Crippen MR) is 85.0 cm³/mol. The highest BCUT2D eigenvalue weighted by Gasteiger charge is 2.50. The summed E-state index contributed by atoms with van der Waals surface area (Å²) < 4.78 is 89.9. The van der Waals surface area contributed by atoms with Crippen LogP contribution in [-0.2, 0) is 6.42 Å². The number of thioether (sulfide) groups is 1. The van der Waals surface area contributed by atoms with Gasteiger partial charge in [0.2, 0.25) is 0 Å². The molecule has 1 aliphatic rings. The smallest absolute Gasteiger partial charge is 0.446 e. The Kier molecular flexibility index (Phi) is 4.98. The number of hydrogen-bond donors (Lipinski definition) is 1. The summed E-state index contributed by atoms with van der Waals surface area (Å²) in [6.45, 7) is 0. The summed E-state index contributed by atoms with van der Waals surface area (Å²) in [6, 6.07) is 5.35. The lowest BCUT2D eigenvalue weighted by molar-refractivity contribution is -0.0977. The molecule has 10 heteroatoms. The van der Waals surface area contributed by atoms with Gasteiger partial charge in [-0.05, 0) is 23.9 Å². The van der Waals surface area contributed by atoms with Crippen molar-refractivity contribution in [1.82, 2.24) is 0 Å². The topological polar surface area (TPSA) is 38.7 Å². The third-order valence-corrected chi connectivity index (χ3v) is 4.70. The number of ether oxygens (including phenoxy) is 2. The zero-order valence-corrected chi connectivity index (χ0v) is 14.4. The Balaban J connectivity index is 2.05. The molecule has 0 saturated heterocycles. The molecule has 0 amide bonds. The summed E-state index contributed by atoms with van der Waals surface area (Å²) in [6.07, 6.45) is -3.40. The molecular formula is C17H12F6O3S. The van der Waals surface area contributed by atoms with E-state index in [-0.39, 0.29) is 22.8 Å². The van der Waals surface area contributed by atoms with E-state index in [4.69, 9.17) is 9.47 Å². The number of aliphatic hydroxyl groups is 1. The van der Waals surface area contributed by atoms with E-state index in [1.54, 1.807) is 0 Å². The first-order valence-electron chi connectivity index (χ1n) is 7.50. The van der Waals surface area contributed by atoms with Gasteiger partial charge in [-0.2, -0.15) is 13.2 Å². The molecule has 0 spiro atoms. The number of hydrogen-bond acceptors (Lipinski definition) is 4. The quantitative estimate of drug-likeness (QED) is 0.537. The van der Waals surface area contributed by atoms with Crippen molar-refractivity contribution in [2.24, 2.45) is 0 Å². The standard InChI is InChI=1S/C17H12F6O3S/c1-25-9-4-8(18)5-10(6-9)26-12-2-3-13(27-17(21,22)23)14-11(12)7-16(19,20)15(14)24/h2-6,15,24H,7H2,1H3. The molecule has 2 aromatic carbocycles. The molecule has 0 fully saturated rings. The average molecular weight is 410 g/mol. The Morgan fingerprint density at radius 3 is 2.44 bits per heavy atom. The second kappa shape index (κ2) is 6.83. The van der Waals surface area contributed by atoms with Crippen molar-refractivity contribution < 1.29 is 40.9 Å². The van der Waals surface area contributed by atoms with Crippen LogP contribution < -0.4 is 9.47 Å². The number of fused-ring (bicyclic) bond motifs is 1. The Morgan fingerprint density at radius 1 is 1.15 bits per heavy atom. The van der Waals surface area contributed by atoms with E-state index in [1.807, 2.05) is 0 Å². The molecule has 0 radical (unpaired) electrons. The van der Waals surface area contributed by atoms with Crippen molar-refractivity contribution >= 4 is 11.8 Å². The molecule has 2 aromatic rings. The van der Waals surface area contributed by atoms with Crippen LogP contribution in [0.5, 0.6) is 17.2 Å². The first kappa shape index (κ1) is 19.7. The molecule has 0 aliphatic heterocycles. The van der Waals surface area contributed by atoms with Crippen LogP contribution in [0.15, 0.2) is 35.2 Å². The molecule has 146 valence electrons. The van der Waals surface area contributed by atoms with Gasteiger partial charge in [0, 0.05) is 40.6 Å². The zero-order chi connectivity index (χ0) is 20.0. The lowest BCUT2D eigenvalue weighted by Crippen LogP contribution is -2.21. The van der Waals surface area contributed by atoms with Crippen LogP contribution in [-0.4, -0.2) is 23.6 Å². The maximum Gasteiger partial charge on any atom is 0.446 e. The molecule has 3 nitrogen and oxygen atoms in total. The molecule has 0 heterocycles. The van der Waals surface area contributed by atoms with E-state index >= 15 is 0 Å². The van der Waals surface area contributed by atoms with Crippen molar-refractivity contribution in [3.8, 4) is 17.2 Å². The highest BCUT2D eigenvalue weighted by atomic mass is 32.2. The van der Waals surface area contributed by atoms with Gasteiger partial charge in [0.25, 0.3) is 5.92 Å². The molecule has 0 bridgehead atoms. The summed E-state index contributed by atoms with van der Waals surface area (Å²) in [5.74, 6) is -4.54. The lowest BCUT2D eigenvalue weighted by Gasteiger charge is -2.17. The van der Waals surface area contributed by atoms with E-state index in [0.29, 0.717) is 0 Å². The van der Waals surface area contributed by atoms with E-state index in [9.17, 15) is 31.4 Å². The maximum absolute atomic E-state index is 14.0. The van der Waals surface area contributed by atoms with Crippen LogP contribution in [0.4, 0.5) is 26.3 Å². The Labute approximate surface area is 153 Å². The third kappa shape index (κ3) is 4.11. The normalized spacial score (nSPS) is 18.3. The molecule has 3 rings (SSSR count).